The van der Waals surface area contributed by atoms with Crippen molar-refractivity contribution in [1.29, 1.82) is 0 Å². The Morgan fingerprint density at radius 3 is 2.33 bits per heavy atom. The predicted octanol–water partition coefficient (Wildman–Crippen LogP) is 4.49. The number of carbonyl (C=O) groups excluding carboxylic acids is 1. The molecule has 3 rings (SSSR count). The minimum absolute atomic E-state index is 0.134. The molecule has 0 saturated heterocycles. The first-order valence-corrected chi connectivity index (χ1v) is 8.78. The molecule has 0 radical (unpaired) electrons. The lowest BCUT2D eigenvalue weighted by atomic mass is 10.1. The van der Waals surface area contributed by atoms with E-state index >= 15 is 0 Å². The van der Waals surface area contributed by atoms with E-state index in [1.165, 1.54) is 13.2 Å². The van der Waals surface area contributed by atoms with Crippen molar-refractivity contribution < 1.29 is 9.53 Å². The van der Waals surface area contributed by atoms with Crippen molar-refractivity contribution in [3.63, 3.8) is 0 Å². The molecule has 0 aliphatic rings. The van der Waals surface area contributed by atoms with Crippen molar-refractivity contribution in [1.82, 2.24) is 4.57 Å². The van der Waals surface area contributed by atoms with Crippen molar-refractivity contribution in [2.45, 2.75) is 19.8 Å². The molecule has 1 heterocycles. The molecule has 138 valence electrons. The summed E-state index contributed by atoms with van der Waals surface area (Å²) in [6.07, 6.45) is 0. The Kier molecular flexibility index (Phi) is 5.41. The van der Waals surface area contributed by atoms with E-state index in [4.69, 9.17) is 4.74 Å². The number of benzene rings is 2. The number of pyridine rings is 1. The van der Waals surface area contributed by atoms with Gasteiger partial charge in [0.25, 0.3) is 5.56 Å². The van der Waals surface area contributed by atoms with E-state index in [0.29, 0.717) is 16.9 Å². The van der Waals surface area contributed by atoms with E-state index in [1.54, 1.807) is 22.8 Å². The molecule has 2 aromatic carbocycles. The molecule has 3 aromatic rings. The molecular formula is C22H22N2O3. The quantitative estimate of drug-likeness (QED) is 0.679. The van der Waals surface area contributed by atoms with Gasteiger partial charge in [0.15, 0.2) is 0 Å². The van der Waals surface area contributed by atoms with Crippen molar-refractivity contribution in [3.05, 3.63) is 88.3 Å². The number of esters is 1. The van der Waals surface area contributed by atoms with E-state index in [-0.39, 0.29) is 11.5 Å². The van der Waals surface area contributed by atoms with Gasteiger partial charge in [-0.15, -0.1) is 0 Å². The molecule has 5 nitrogen and oxygen atoms in total. The van der Waals surface area contributed by atoms with Crippen molar-refractivity contribution >= 4 is 17.3 Å². The number of hydrogen-bond acceptors (Lipinski definition) is 4. The molecule has 0 aliphatic heterocycles. The standard InChI is InChI=1S/C22H22N2O3/c1-15(2)20-13-16(14-21(25)24(20)17-9-5-4-6-10-17)23-19-12-8-7-11-18(19)22(26)27-3/h4-15,23H,1-3H3. The summed E-state index contributed by atoms with van der Waals surface area (Å²) in [6, 6.07) is 20.1. The Labute approximate surface area is 158 Å². The summed E-state index contributed by atoms with van der Waals surface area (Å²) < 4.78 is 6.54. The molecule has 0 bridgehead atoms. The molecule has 0 amide bonds. The SMILES string of the molecule is COC(=O)c1ccccc1Nc1cc(C(C)C)n(-c2ccccc2)c(=O)c1. The second kappa shape index (κ2) is 7.91. The molecule has 1 aromatic heterocycles. The summed E-state index contributed by atoms with van der Waals surface area (Å²) in [5.74, 6) is -0.296. The Hall–Kier alpha value is -3.34. The molecular weight excluding hydrogens is 340 g/mol. The van der Waals surface area contributed by atoms with Gasteiger partial charge in [-0.05, 0) is 36.2 Å². The Morgan fingerprint density at radius 1 is 1.00 bits per heavy atom. The third kappa shape index (κ3) is 3.92. The molecule has 1 N–H and O–H groups in total. The third-order valence-corrected chi connectivity index (χ3v) is 4.28. The highest BCUT2D eigenvalue weighted by molar-refractivity contribution is 5.96. The number of ether oxygens (including phenoxy) is 1. The normalized spacial score (nSPS) is 10.7. The fourth-order valence-corrected chi connectivity index (χ4v) is 2.98. The number of methoxy groups -OCH3 is 1. The Morgan fingerprint density at radius 2 is 1.67 bits per heavy atom. The van der Waals surface area contributed by atoms with Gasteiger partial charge in [-0.2, -0.15) is 0 Å². The van der Waals surface area contributed by atoms with Crippen LogP contribution in [0.15, 0.2) is 71.5 Å². The van der Waals surface area contributed by atoms with Gasteiger partial charge in [0.2, 0.25) is 0 Å². The maximum absolute atomic E-state index is 12.9. The van der Waals surface area contributed by atoms with Crippen LogP contribution in [0.25, 0.3) is 5.69 Å². The number of para-hydroxylation sites is 2. The van der Waals surface area contributed by atoms with Crippen LogP contribution in [0, 0.1) is 0 Å². The van der Waals surface area contributed by atoms with Crippen LogP contribution in [0.3, 0.4) is 0 Å². The molecule has 5 heteroatoms. The smallest absolute Gasteiger partial charge is 0.339 e. The van der Waals surface area contributed by atoms with Crippen LogP contribution in [0.4, 0.5) is 11.4 Å². The summed E-state index contributed by atoms with van der Waals surface area (Å²) in [7, 11) is 1.34. The maximum atomic E-state index is 12.9. The van der Waals surface area contributed by atoms with Crippen LogP contribution < -0.4 is 10.9 Å². The number of nitrogens with zero attached hydrogens (tertiary/aromatic N) is 1. The molecule has 0 fully saturated rings. The monoisotopic (exact) mass is 362 g/mol. The Bertz CT molecular complexity index is 1010. The highest BCUT2D eigenvalue weighted by Gasteiger charge is 2.15. The first-order valence-electron chi connectivity index (χ1n) is 8.78. The third-order valence-electron chi connectivity index (χ3n) is 4.28. The number of hydrogen-bond donors (Lipinski definition) is 1. The average Bonchev–Trinajstić information content (AvgIpc) is 2.68. The lowest BCUT2D eigenvalue weighted by molar-refractivity contribution is 0.0602. The van der Waals surface area contributed by atoms with Gasteiger partial charge in [0.05, 0.1) is 18.4 Å². The van der Waals surface area contributed by atoms with Crippen molar-refractivity contribution in [2.75, 3.05) is 12.4 Å². The topological polar surface area (TPSA) is 60.3 Å². The van der Waals surface area contributed by atoms with Gasteiger partial charge in [-0.1, -0.05) is 44.2 Å². The van der Waals surface area contributed by atoms with Gasteiger partial charge in [0.1, 0.15) is 0 Å². The highest BCUT2D eigenvalue weighted by atomic mass is 16.5. The molecule has 0 aliphatic carbocycles. The van der Waals surface area contributed by atoms with Crippen LogP contribution in [0.5, 0.6) is 0 Å². The largest absolute Gasteiger partial charge is 0.465 e. The lowest BCUT2D eigenvalue weighted by Crippen LogP contribution is -2.22. The van der Waals surface area contributed by atoms with Crippen LogP contribution in [-0.2, 0) is 4.74 Å². The van der Waals surface area contributed by atoms with Crippen molar-refractivity contribution in [2.24, 2.45) is 0 Å². The molecule has 0 saturated carbocycles. The van der Waals surface area contributed by atoms with E-state index in [1.807, 2.05) is 56.3 Å². The predicted molar refractivity (Wildman–Crippen MR) is 107 cm³/mol. The zero-order valence-corrected chi connectivity index (χ0v) is 15.6. The van der Waals surface area contributed by atoms with E-state index < -0.39 is 5.97 Å². The van der Waals surface area contributed by atoms with Crippen LogP contribution in [-0.4, -0.2) is 17.6 Å². The van der Waals surface area contributed by atoms with Gasteiger partial charge in [-0.3, -0.25) is 9.36 Å². The zero-order valence-electron chi connectivity index (χ0n) is 15.6. The Balaban J connectivity index is 2.07. The minimum atomic E-state index is -0.431. The summed E-state index contributed by atoms with van der Waals surface area (Å²) >= 11 is 0. The maximum Gasteiger partial charge on any atom is 0.339 e. The zero-order chi connectivity index (χ0) is 19.4. The molecule has 0 spiro atoms. The first-order chi connectivity index (χ1) is 13.0. The van der Waals surface area contributed by atoms with E-state index in [0.717, 1.165) is 11.4 Å². The lowest BCUT2D eigenvalue weighted by Gasteiger charge is -2.18. The summed E-state index contributed by atoms with van der Waals surface area (Å²) in [4.78, 5) is 24.8. The summed E-state index contributed by atoms with van der Waals surface area (Å²) in [6.45, 7) is 4.08. The number of anilines is 2. The van der Waals surface area contributed by atoms with Gasteiger partial charge < -0.3 is 10.1 Å². The number of nitrogens with one attached hydrogen (secondary N) is 1. The second-order valence-electron chi connectivity index (χ2n) is 6.49. The summed E-state index contributed by atoms with van der Waals surface area (Å²) in [5.41, 5.74) is 3.21. The fourth-order valence-electron chi connectivity index (χ4n) is 2.98. The molecule has 0 atom stereocenters. The average molecular weight is 362 g/mol. The number of rotatable bonds is 5. The van der Waals surface area contributed by atoms with Gasteiger partial charge in [-0.25, -0.2) is 4.79 Å². The number of aromatic nitrogens is 1. The van der Waals surface area contributed by atoms with Crippen LogP contribution in [0.2, 0.25) is 0 Å². The first kappa shape index (κ1) is 18.5. The van der Waals surface area contributed by atoms with Crippen LogP contribution in [0.1, 0.15) is 35.8 Å². The van der Waals surface area contributed by atoms with Crippen LogP contribution >= 0.6 is 0 Å². The fraction of sp³-hybridized carbons (Fsp3) is 0.182. The minimum Gasteiger partial charge on any atom is -0.465 e. The van der Waals surface area contributed by atoms with Crippen molar-refractivity contribution in [3.8, 4) is 5.69 Å². The van der Waals surface area contributed by atoms with E-state index in [9.17, 15) is 9.59 Å². The molecule has 0 unspecified atom stereocenters. The summed E-state index contributed by atoms with van der Waals surface area (Å²) in [5, 5.41) is 3.19. The highest BCUT2D eigenvalue weighted by Crippen LogP contribution is 2.25. The van der Waals surface area contributed by atoms with Gasteiger partial charge >= 0.3 is 5.97 Å². The molecule has 27 heavy (non-hydrogen) atoms. The van der Waals surface area contributed by atoms with Gasteiger partial charge in [0, 0.05) is 23.1 Å². The second-order valence-corrected chi connectivity index (χ2v) is 6.49. The van der Waals surface area contributed by atoms with E-state index in [2.05, 4.69) is 5.32 Å². The number of carbonyl (C=O) groups is 1.